The molecule has 0 unspecified atom stereocenters. The Balaban J connectivity index is 3.12. The molecule has 0 N–H and O–H groups in total. The van der Waals surface area contributed by atoms with Crippen molar-refractivity contribution in [3.8, 4) is 0 Å². The van der Waals surface area contributed by atoms with Gasteiger partial charge in [0.05, 0.1) is 8.07 Å². The molecule has 0 spiro atoms. The standard InChI is InChI=1S/C15H28SSi/c1-15(2,3)16(4,5)13-9-11-14(12-10-13)17(6,7)8/h9-12H,1-8H3. The third kappa shape index (κ3) is 3.17. The van der Waals surface area contributed by atoms with E-state index >= 15 is 0 Å². The molecule has 0 amide bonds. The van der Waals surface area contributed by atoms with Crippen LogP contribution in [-0.4, -0.2) is 25.3 Å². The van der Waals surface area contributed by atoms with Crippen molar-refractivity contribution in [3.63, 3.8) is 0 Å². The van der Waals surface area contributed by atoms with Gasteiger partial charge in [0.2, 0.25) is 0 Å². The van der Waals surface area contributed by atoms with E-state index in [2.05, 4.69) is 77.2 Å². The summed E-state index contributed by atoms with van der Waals surface area (Å²) < 4.78 is 0.369. The van der Waals surface area contributed by atoms with Crippen molar-refractivity contribution < 1.29 is 0 Å². The van der Waals surface area contributed by atoms with E-state index in [0.29, 0.717) is 4.75 Å². The molecule has 0 fully saturated rings. The second-order valence-corrected chi connectivity index (χ2v) is 16.6. The van der Waals surface area contributed by atoms with E-state index in [4.69, 9.17) is 0 Å². The third-order valence-electron chi connectivity index (χ3n) is 3.84. The molecule has 98 valence electrons. The van der Waals surface area contributed by atoms with Crippen LogP contribution >= 0.6 is 10.0 Å². The first-order chi connectivity index (χ1) is 7.46. The van der Waals surface area contributed by atoms with Gasteiger partial charge in [0.15, 0.2) is 0 Å². The molecule has 0 saturated carbocycles. The van der Waals surface area contributed by atoms with E-state index in [1.54, 1.807) is 5.19 Å². The van der Waals surface area contributed by atoms with Crippen LogP contribution in [0.1, 0.15) is 20.8 Å². The monoisotopic (exact) mass is 268 g/mol. The van der Waals surface area contributed by atoms with Crippen molar-refractivity contribution in [2.75, 3.05) is 12.5 Å². The SMILES string of the molecule is CC(C)(C)S(C)(C)c1ccc([Si](C)(C)C)cc1. The van der Waals surface area contributed by atoms with Gasteiger partial charge >= 0.3 is 0 Å². The quantitative estimate of drug-likeness (QED) is 0.695. The van der Waals surface area contributed by atoms with Crippen molar-refractivity contribution in [2.45, 2.75) is 50.1 Å². The molecule has 0 aliphatic heterocycles. The molecule has 0 saturated heterocycles. The van der Waals surface area contributed by atoms with Gasteiger partial charge in [-0.3, -0.25) is 0 Å². The largest absolute Gasteiger partial charge is 0.215 e. The predicted octanol–water partition coefficient (Wildman–Crippen LogP) is 4.45. The highest BCUT2D eigenvalue weighted by atomic mass is 32.3. The van der Waals surface area contributed by atoms with E-state index in [0.717, 1.165) is 0 Å². The Morgan fingerprint density at radius 2 is 1.29 bits per heavy atom. The maximum atomic E-state index is 2.43. The molecule has 1 rings (SSSR count). The highest BCUT2D eigenvalue weighted by Crippen LogP contribution is 2.59. The Kier molecular flexibility index (Phi) is 3.90. The van der Waals surface area contributed by atoms with Crippen LogP contribution in [0.5, 0.6) is 0 Å². The van der Waals surface area contributed by atoms with E-state index in [1.807, 2.05) is 0 Å². The zero-order valence-corrected chi connectivity index (χ0v) is 14.5. The Labute approximate surface area is 110 Å². The van der Waals surface area contributed by atoms with Crippen LogP contribution in [0.3, 0.4) is 0 Å². The highest BCUT2D eigenvalue weighted by Gasteiger charge is 2.29. The fraction of sp³-hybridized carbons (Fsp3) is 0.600. The smallest absolute Gasteiger partial charge is 0.0775 e. The molecular formula is C15H28SSi. The first kappa shape index (κ1) is 14.8. The summed E-state index contributed by atoms with van der Waals surface area (Å²) in [6, 6.07) is 9.46. The summed E-state index contributed by atoms with van der Waals surface area (Å²) in [4.78, 5) is 1.53. The van der Waals surface area contributed by atoms with Crippen LogP contribution in [0.4, 0.5) is 0 Å². The van der Waals surface area contributed by atoms with E-state index in [9.17, 15) is 0 Å². The summed E-state index contributed by atoms with van der Waals surface area (Å²) in [6.45, 7) is 14.3. The van der Waals surface area contributed by atoms with Crippen LogP contribution < -0.4 is 5.19 Å². The second kappa shape index (κ2) is 4.47. The lowest BCUT2D eigenvalue weighted by atomic mass is 10.3. The van der Waals surface area contributed by atoms with Gasteiger partial charge in [-0.1, -0.05) is 69.9 Å². The Morgan fingerprint density at radius 1 is 0.882 bits per heavy atom. The van der Waals surface area contributed by atoms with Gasteiger partial charge in [-0.05, 0) is 22.2 Å². The summed E-state index contributed by atoms with van der Waals surface area (Å²) in [5.74, 6) is 0. The molecule has 0 nitrogen and oxygen atoms in total. The minimum absolute atomic E-state index is 0.369. The molecule has 1 aromatic rings. The lowest BCUT2D eigenvalue weighted by Crippen LogP contribution is -2.37. The van der Waals surface area contributed by atoms with E-state index in [1.165, 1.54) is 4.90 Å². The molecule has 0 aliphatic rings. The van der Waals surface area contributed by atoms with Gasteiger partial charge in [-0.25, -0.2) is 10.0 Å². The van der Waals surface area contributed by atoms with Crippen LogP contribution in [0.15, 0.2) is 29.2 Å². The van der Waals surface area contributed by atoms with E-state index in [-0.39, 0.29) is 0 Å². The second-order valence-electron chi connectivity index (χ2n) is 7.21. The Morgan fingerprint density at radius 3 is 1.59 bits per heavy atom. The van der Waals surface area contributed by atoms with Gasteiger partial charge < -0.3 is 0 Å². The van der Waals surface area contributed by atoms with Gasteiger partial charge in [0, 0.05) is 0 Å². The highest BCUT2D eigenvalue weighted by molar-refractivity contribution is 8.33. The number of benzene rings is 1. The number of hydrogen-bond acceptors (Lipinski definition) is 0. The zero-order chi connectivity index (χ0) is 13.5. The first-order valence-corrected chi connectivity index (χ1v) is 12.2. The predicted molar refractivity (Wildman–Crippen MR) is 86.9 cm³/mol. The number of rotatable bonds is 2. The van der Waals surface area contributed by atoms with Gasteiger partial charge in [0.25, 0.3) is 0 Å². The summed E-state index contributed by atoms with van der Waals surface area (Å²) in [5, 5.41) is 1.56. The summed E-state index contributed by atoms with van der Waals surface area (Å²) in [7, 11) is -1.88. The lowest BCUT2D eigenvalue weighted by Gasteiger charge is -2.45. The fourth-order valence-corrected chi connectivity index (χ4v) is 4.34. The third-order valence-corrected chi connectivity index (χ3v) is 10.4. The maximum absolute atomic E-state index is 2.43. The van der Waals surface area contributed by atoms with Gasteiger partial charge in [-0.15, -0.1) is 0 Å². The van der Waals surface area contributed by atoms with Crippen molar-refractivity contribution in [1.82, 2.24) is 0 Å². The van der Waals surface area contributed by atoms with Crippen LogP contribution in [-0.2, 0) is 0 Å². The van der Waals surface area contributed by atoms with Crippen molar-refractivity contribution >= 4 is 23.3 Å². The minimum atomic E-state index is -1.15. The Hall–Kier alpha value is -0.213. The molecular weight excluding hydrogens is 240 g/mol. The average Bonchev–Trinajstić information content (AvgIpc) is 2.15. The molecule has 2 heteroatoms. The molecule has 0 aromatic heterocycles. The molecule has 1 aromatic carbocycles. The molecule has 17 heavy (non-hydrogen) atoms. The fourth-order valence-electron chi connectivity index (χ4n) is 1.65. The molecule has 0 bridgehead atoms. The maximum Gasteiger partial charge on any atom is 0.0775 e. The number of hydrogen-bond donors (Lipinski definition) is 0. The van der Waals surface area contributed by atoms with Crippen LogP contribution in [0.2, 0.25) is 19.6 Å². The summed E-state index contributed by atoms with van der Waals surface area (Å²) in [5.41, 5.74) is 0. The molecule has 0 atom stereocenters. The molecule has 0 radical (unpaired) electrons. The van der Waals surface area contributed by atoms with Crippen molar-refractivity contribution in [1.29, 1.82) is 0 Å². The lowest BCUT2D eigenvalue weighted by molar-refractivity contribution is 0.786. The van der Waals surface area contributed by atoms with E-state index < -0.39 is 18.1 Å². The topological polar surface area (TPSA) is 0 Å². The van der Waals surface area contributed by atoms with Gasteiger partial charge in [0.1, 0.15) is 0 Å². The van der Waals surface area contributed by atoms with Crippen LogP contribution in [0.25, 0.3) is 0 Å². The van der Waals surface area contributed by atoms with Crippen molar-refractivity contribution in [2.24, 2.45) is 0 Å². The van der Waals surface area contributed by atoms with Crippen LogP contribution in [0, 0.1) is 0 Å². The molecule has 0 heterocycles. The first-order valence-electron chi connectivity index (χ1n) is 6.30. The Bertz CT molecular complexity index is 377. The van der Waals surface area contributed by atoms with Gasteiger partial charge in [-0.2, -0.15) is 0 Å². The zero-order valence-electron chi connectivity index (χ0n) is 12.7. The minimum Gasteiger partial charge on any atom is -0.215 e. The normalized spacial score (nSPS) is 14.8. The summed E-state index contributed by atoms with van der Waals surface area (Å²) >= 11 is 0. The molecule has 0 aliphatic carbocycles. The van der Waals surface area contributed by atoms with Crippen molar-refractivity contribution in [3.05, 3.63) is 24.3 Å². The average molecular weight is 269 g/mol. The summed E-state index contributed by atoms with van der Waals surface area (Å²) in [6.07, 6.45) is 4.85.